The van der Waals surface area contributed by atoms with Crippen molar-refractivity contribution in [1.82, 2.24) is 9.97 Å². The van der Waals surface area contributed by atoms with E-state index in [0.717, 1.165) is 6.07 Å². The molecule has 1 aromatic carbocycles. The molecule has 21 heavy (non-hydrogen) atoms. The maximum absolute atomic E-state index is 13.5. The van der Waals surface area contributed by atoms with Crippen molar-refractivity contribution in [3.05, 3.63) is 41.5 Å². The summed E-state index contributed by atoms with van der Waals surface area (Å²) in [5.41, 5.74) is 5.60. The van der Waals surface area contributed by atoms with E-state index in [2.05, 4.69) is 9.97 Å². The van der Waals surface area contributed by atoms with Crippen LogP contribution < -0.4 is 10.5 Å². The summed E-state index contributed by atoms with van der Waals surface area (Å²) >= 11 is 0. The minimum atomic E-state index is -0.661. The average Bonchev–Trinajstić information content (AvgIpc) is 2.45. The van der Waals surface area contributed by atoms with E-state index in [9.17, 15) is 4.39 Å². The maximum atomic E-state index is 13.5. The molecule has 0 amide bonds. The summed E-state index contributed by atoms with van der Waals surface area (Å²) in [7, 11) is 0. The van der Waals surface area contributed by atoms with Crippen LogP contribution in [0.4, 0.5) is 10.2 Å². The number of rotatable bonds is 5. The zero-order valence-corrected chi connectivity index (χ0v) is 11.3. The lowest BCUT2D eigenvalue weighted by molar-refractivity contribution is 0.128. The first-order valence-corrected chi connectivity index (χ1v) is 6.21. The SMILES string of the molecule is CCOCc1nc(N)cc(Oc2ccc(C#N)c(F)c2)n1. The van der Waals surface area contributed by atoms with Gasteiger partial charge in [0.1, 0.15) is 30.1 Å². The van der Waals surface area contributed by atoms with Crippen molar-refractivity contribution in [2.75, 3.05) is 12.3 Å². The number of nitrogens with two attached hydrogens (primary N) is 1. The molecule has 0 spiro atoms. The second-order valence-electron chi connectivity index (χ2n) is 4.04. The number of nitrogen functional groups attached to an aromatic ring is 1. The highest BCUT2D eigenvalue weighted by Gasteiger charge is 2.08. The van der Waals surface area contributed by atoms with Gasteiger partial charge in [-0.25, -0.2) is 9.37 Å². The third-order valence-corrected chi connectivity index (χ3v) is 2.49. The molecule has 0 atom stereocenters. The quantitative estimate of drug-likeness (QED) is 0.907. The molecule has 0 aliphatic rings. The third-order valence-electron chi connectivity index (χ3n) is 2.49. The fraction of sp³-hybridized carbons (Fsp3) is 0.214. The van der Waals surface area contributed by atoms with E-state index in [1.54, 1.807) is 6.07 Å². The molecule has 0 aliphatic heterocycles. The summed E-state index contributed by atoms with van der Waals surface area (Å²) in [6.45, 7) is 2.58. The second kappa shape index (κ2) is 6.63. The fourth-order valence-corrected chi connectivity index (χ4v) is 1.57. The van der Waals surface area contributed by atoms with E-state index in [4.69, 9.17) is 20.5 Å². The molecule has 0 bridgehead atoms. The summed E-state index contributed by atoms with van der Waals surface area (Å²) in [5, 5.41) is 8.67. The van der Waals surface area contributed by atoms with Gasteiger partial charge in [0.15, 0.2) is 5.82 Å². The van der Waals surface area contributed by atoms with Gasteiger partial charge in [0.25, 0.3) is 0 Å². The predicted octanol–water partition coefficient (Wildman–Crippen LogP) is 2.40. The Kier molecular flexibility index (Phi) is 4.64. The zero-order valence-electron chi connectivity index (χ0n) is 11.3. The number of nitriles is 1. The summed E-state index contributed by atoms with van der Waals surface area (Å²) in [6.07, 6.45) is 0. The van der Waals surface area contributed by atoms with Gasteiger partial charge in [0.05, 0.1) is 5.56 Å². The van der Waals surface area contributed by atoms with Gasteiger partial charge in [0.2, 0.25) is 5.88 Å². The topological polar surface area (TPSA) is 94.0 Å². The highest BCUT2D eigenvalue weighted by molar-refractivity contribution is 5.39. The minimum absolute atomic E-state index is 0.0541. The average molecular weight is 288 g/mol. The molecule has 0 saturated heterocycles. The Labute approximate surface area is 121 Å². The van der Waals surface area contributed by atoms with Crippen LogP contribution in [0.25, 0.3) is 0 Å². The Bertz CT molecular complexity index is 685. The van der Waals surface area contributed by atoms with Crippen molar-refractivity contribution < 1.29 is 13.9 Å². The summed E-state index contributed by atoms with van der Waals surface area (Å²) in [6, 6.07) is 7.07. The highest BCUT2D eigenvalue weighted by Crippen LogP contribution is 2.23. The van der Waals surface area contributed by atoms with Crippen LogP contribution in [0.3, 0.4) is 0 Å². The molecular weight excluding hydrogens is 275 g/mol. The molecule has 108 valence electrons. The number of aromatic nitrogens is 2. The van der Waals surface area contributed by atoms with Crippen LogP contribution in [-0.4, -0.2) is 16.6 Å². The number of nitrogens with zero attached hydrogens (tertiary/aromatic N) is 3. The molecule has 2 rings (SSSR count). The predicted molar refractivity (Wildman–Crippen MR) is 73.0 cm³/mol. The first-order chi connectivity index (χ1) is 10.1. The van der Waals surface area contributed by atoms with E-state index >= 15 is 0 Å². The summed E-state index contributed by atoms with van der Waals surface area (Å²) < 4.78 is 24.1. The van der Waals surface area contributed by atoms with E-state index in [1.807, 2.05) is 6.92 Å². The Balaban J connectivity index is 2.21. The van der Waals surface area contributed by atoms with Crippen LogP contribution in [-0.2, 0) is 11.3 Å². The van der Waals surface area contributed by atoms with Gasteiger partial charge in [-0.1, -0.05) is 0 Å². The zero-order chi connectivity index (χ0) is 15.2. The van der Waals surface area contributed by atoms with E-state index in [-0.39, 0.29) is 29.6 Å². The van der Waals surface area contributed by atoms with Gasteiger partial charge < -0.3 is 15.2 Å². The largest absolute Gasteiger partial charge is 0.439 e. The molecule has 2 N–H and O–H groups in total. The number of hydrogen-bond acceptors (Lipinski definition) is 6. The number of halogens is 1. The molecule has 1 heterocycles. The van der Waals surface area contributed by atoms with Crippen molar-refractivity contribution in [2.45, 2.75) is 13.5 Å². The number of anilines is 1. The van der Waals surface area contributed by atoms with E-state index in [1.165, 1.54) is 18.2 Å². The first-order valence-electron chi connectivity index (χ1n) is 6.21. The molecular formula is C14H13FN4O2. The lowest BCUT2D eigenvalue weighted by Gasteiger charge is -2.08. The van der Waals surface area contributed by atoms with Crippen molar-refractivity contribution in [3.8, 4) is 17.7 Å². The molecule has 2 aromatic rings. The Hall–Kier alpha value is -2.72. The minimum Gasteiger partial charge on any atom is -0.439 e. The Morgan fingerprint density at radius 1 is 1.33 bits per heavy atom. The highest BCUT2D eigenvalue weighted by atomic mass is 19.1. The maximum Gasteiger partial charge on any atom is 0.224 e. The molecule has 7 heteroatoms. The van der Waals surface area contributed by atoms with Crippen LogP contribution in [0.2, 0.25) is 0 Å². The second-order valence-corrected chi connectivity index (χ2v) is 4.04. The molecule has 0 fully saturated rings. The number of ether oxygens (including phenoxy) is 2. The molecule has 0 aliphatic carbocycles. The number of benzene rings is 1. The summed E-state index contributed by atoms with van der Waals surface area (Å²) in [4.78, 5) is 8.12. The van der Waals surface area contributed by atoms with Crippen molar-refractivity contribution in [2.24, 2.45) is 0 Å². The van der Waals surface area contributed by atoms with Gasteiger partial charge in [-0.05, 0) is 19.1 Å². The lowest BCUT2D eigenvalue weighted by atomic mass is 10.2. The molecule has 0 unspecified atom stereocenters. The Morgan fingerprint density at radius 3 is 2.81 bits per heavy atom. The van der Waals surface area contributed by atoms with E-state index < -0.39 is 5.82 Å². The molecule has 0 saturated carbocycles. The lowest BCUT2D eigenvalue weighted by Crippen LogP contribution is -2.03. The smallest absolute Gasteiger partial charge is 0.224 e. The number of hydrogen-bond donors (Lipinski definition) is 1. The van der Waals surface area contributed by atoms with Crippen molar-refractivity contribution in [3.63, 3.8) is 0 Å². The Morgan fingerprint density at radius 2 is 2.14 bits per heavy atom. The van der Waals surface area contributed by atoms with Gasteiger partial charge >= 0.3 is 0 Å². The third kappa shape index (κ3) is 3.87. The van der Waals surface area contributed by atoms with Gasteiger partial charge in [0, 0.05) is 18.7 Å². The fourth-order valence-electron chi connectivity index (χ4n) is 1.57. The molecule has 0 radical (unpaired) electrons. The van der Waals surface area contributed by atoms with Crippen molar-refractivity contribution >= 4 is 5.82 Å². The van der Waals surface area contributed by atoms with Crippen molar-refractivity contribution in [1.29, 1.82) is 5.26 Å². The van der Waals surface area contributed by atoms with Crippen LogP contribution >= 0.6 is 0 Å². The molecule has 1 aromatic heterocycles. The first kappa shape index (κ1) is 14.7. The normalized spacial score (nSPS) is 10.1. The van der Waals surface area contributed by atoms with Gasteiger partial charge in [-0.2, -0.15) is 10.2 Å². The van der Waals surface area contributed by atoms with Gasteiger partial charge in [-0.3, -0.25) is 0 Å². The standard InChI is InChI=1S/C14H13FN4O2/c1-2-20-8-13-18-12(17)6-14(19-13)21-10-4-3-9(7-16)11(15)5-10/h3-6H,2,8H2,1H3,(H2,17,18,19). The molecule has 6 nitrogen and oxygen atoms in total. The van der Waals surface area contributed by atoms with Gasteiger partial charge in [-0.15, -0.1) is 0 Å². The van der Waals surface area contributed by atoms with Crippen LogP contribution in [0.15, 0.2) is 24.3 Å². The summed E-state index contributed by atoms with van der Waals surface area (Å²) in [5.74, 6) is 0.338. The monoisotopic (exact) mass is 288 g/mol. The van der Waals surface area contributed by atoms with Crippen LogP contribution in [0, 0.1) is 17.1 Å². The van der Waals surface area contributed by atoms with Crippen LogP contribution in [0.1, 0.15) is 18.3 Å². The van der Waals surface area contributed by atoms with Crippen LogP contribution in [0.5, 0.6) is 11.6 Å². The van der Waals surface area contributed by atoms with E-state index in [0.29, 0.717) is 12.4 Å².